The minimum absolute atomic E-state index is 0.482. The van der Waals surface area contributed by atoms with Crippen molar-refractivity contribution in [2.75, 3.05) is 7.11 Å². The van der Waals surface area contributed by atoms with Crippen LogP contribution in [-0.4, -0.2) is 29.4 Å². The van der Waals surface area contributed by atoms with Crippen molar-refractivity contribution in [3.8, 4) is 0 Å². The number of aliphatic hydroxyl groups excluding tert-OH is 2. The van der Waals surface area contributed by atoms with Gasteiger partial charge in [-0.05, 0) is 6.07 Å². The van der Waals surface area contributed by atoms with Crippen LogP contribution in [0.1, 0.15) is 17.2 Å². The second kappa shape index (κ2) is 5.54. The van der Waals surface area contributed by atoms with Gasteiger partial charge >= 0.3 is 12.1 Å². The lowest BCUT2D eigenvalue weighted by molar-refractivity contribution is -0.157. The third-order valence-electron chi connectivity index (χ3n) is 2.39. The minimum atomic E-state index is -4.95. The van der Waals surface area contributed by atoms with Gasteiger partial charge in [0.2, 0.25) is 0 Å². The van der Waals surface area contributed by atoms with E-state index in [-0.39, 0.29) is 0 Å². The van der Waals surface area contributed by atoms with E-state index in [0.29, 0.717) is 6.07 Å². The maximum atomic E-state index is 13.6. The topological polar surface area (TPSA) is 66.8 Å². The van der Waals surface area contributed by atoms with E-state index in [2.05, 4.69) is 4.74 Å². The molecule has 106 valence electrons. The van der Waals surface area contributed by atoms with Crippen LogP contribution in [0.25, 0.3) is 0 Å². The van der Waals surface area contributed by atoms with E-state index in [1.165, 1.54) is 0 Å². The molecule has 0 aliphatic heterocycles. The first kappa shape index (κ1) is 15.4. The Bertz CT molecular complexity index is 472. The standard InChI is InChI=1S/C11H10F4O4/c1-19-10(18)9(17)8(16)5-3-2-4-6(7(5)12)11(13,14)15/h2-4,8-9,16-17H,1H3. The lowest BCUT2D eigenvalue weighted by Crippen LogP contribution is -2.30. The number of benzene rings is 1. The molecule has 4 nitrogen and oxygen atoms in total. The summed E-state index contributed by atoms with van der Waals surface area (Å²) in [6, 6.07) is 2.17. The van der Waals surface area contributed by atoms with Crippen molar-refractivity contribution >= 4 is 5.97 Å². The van der Waals surface area contributed by atoms with Gasteiger partial charge in [0.05, 0.1) is 12.7 Å². The molecule has 0 radical (unpaired) electrons. The quantitative estimate of drug-likeness (QED) is 0.650. The molecule has 19 heavy (non-hydrogen) atoms. The Labute approximate surface area is 105 Å². The van der Waals surface area contributed by atoms with Gasteiger partial charge in [-0.1, -0.05) is 12.1 Å². The second-order valence-corrected chi connectivity index (χ2v) is 3.62. The zero-order chi connectivity index (χ0) is 14.8. The Morgan fingerprint density at radius 1 is 1.32 bits per heavy atom. The molecule has 0 amide bonds. The fourth-order valence-corrected chi connectivity index (χ4v) is 1.42. The molecule has 2 atom stereocenters. The minimum Gasteiger partial charge on any atom is -0.467 e. The summed E-state index contributed by atoms with van der Waals surface area (Å²) < 4.78 is 55.0. The van der Waals surface area contributed by atoms with Gasteiger partial charge < -0.3 is 14.9 Å². The highest BCUT2D eigenvalue weighted by Crippen LogP contribution is 2.34. The average molecular weight is 282 g/mol. The number of aliphatic hydroxyl groups is 2. The zero-order valence-corrected chi connectivity index (χ0v) is 9.61. The average Bonchev–Trinajstić information content (AvgIpc) is 2.35. The third kappa shape index (κ3) is 3.21. The van der Waals surface area contributed by atoms with E-state index in [1.54, 1.807) is 0 Å². The van der Waals surface area contributed by atoms with Crippen LogP contribution >= 0.6 is 0 Å². The van der Waals surface area contributed by atoms with E-state index in [1.807, 2.05) is 0 Å². The number of esters is 1. The molecule has 0 fully saturated rings. The van der Waals surface area contributed by atoms with Crippen LogP contribution in [0, 0.1) is 5.82 Å². The molecule has 0 spiro atoms. The van der Waals surface area contributed by atoms with Gasteiger partial charge in [-0.15, -0.1) is 0 Å². The highest BCUT2D eigenvalue weighted by atomic mass is 19.4. The smallest absolute Gasteiger partial charge is 0.419 e. The molecule has 0 bridgehead atoms. The van der Waals surface area contributed by atoms with Gasteiger partial charge in [0.1, 0.15) is 11.9 Å². The molecular weight excluding hydrogens is 272 g/mol. The van der Waals surface area contributed by atoms with Crippen molar-refractivity contribution in [3.05, 3.63) is 35.1 Å². The molecule has 0 aliphatic carbocycles. The van der Waals surface area contributed by atoms with Gasteiger partial charge in [-0.3, -0.25) is 0 Å². The summed E-state index contributed by atoms with van der Waals surface area (Å²) >= 11 is 0. The maximum Gasteiger partial charge on any atom is 0.419 e. The fourth-order valence-electron chi connectivity index (χ4n) is 1.42. The summed E-state index contributed by atoms with van der Waals surface area (Å²) in [4.78, 5) is 10.9. The first-order valence-electron chi connectivity index (χ1n) is 4.99. The van der Waals surface area contributed by atoms with E-state index in [0.717, 1.165) is 19.2 Å². The summed E-state index contributed by atoms with van der Waals surface area (Å²) in [5, 5.41) is 18.8. The van der Waals surface area contributed by atoms with Crippen LogP contribution in [0.2, 0.25) is 0 Å². The van der Waals surface area contributed by atoms with Crippen LogP contribution in [0.15, 0.2) is 18.2 Å². The fraction of sp³-hybridized carbons (Fsp3) is 0.364. The van der Waals surface area contributed by atoms with Crippen LogP contribution in [-0.2, 0) is 15.7 Å². The maximum absolute atomic E-state index is 13.6. The van der Waals surface area contributed by atoms with Gasteiger partial charge in [0, 0.05) is 5.56 Å². The number of hydrogen-bond acceptors (Lipinski definition) is 4. The van der Waals surface area contributed by atoms with Crippen molar-refractivity contribution in [1.82, 2.24) is 0 Å². The summed E-state index contributed by atoms with van der Waals surface area (Å²) in [5.74, 6) is -3.03. The van der Waals surface area contributed by atoms with E-state index in [9.17, 15) is 32.6 Å². The van der Waals surface area contributed by atoms with Gasteiger partial charge in [0.15, 0.2) is 6.10 Å². The molecule has 0 aliphatic rings. The molecular formula is C11H10F4O4. The van der Waals surface area contributed by atoms with Crippen LogP contribution in [0.4, 0.5) is 17.6 Å². The molecule has 1 aromatic carbocycles. The number of alkyl halides is 3. The molecule has 2 N–H and O–H groups in total. The van der Waals surface area contributed by atoms with Gasteiger partial charge in [-0.2, -0.15) is 13.2 Å². The van der Waals surface area contributed by atoms with Crippen LogP contribution < -0.4 is 0 Å². The number of carbonyl (C=O) groups is 1. The first-order valence-corrected chi connectivity index (χ1v) is 4.99. The molecule has 0 heterocycles. The summed E-state index contributed by atoms with van der Waals surface area (Å²) in [7, 11) is 0.904. The van der Waals surface area contributed by atoms with Crippen molar-refractivity contribution in [1.29, 1.82) is 0 Å². The molecule has 0 aromatic heterocycles. The van der Waals surface area contributed by atoms with E-state index >= 15 is 0 Å². The summed E-state index contributed by atoms with van der Waals surface area (Å²) in [6.45, 7) is 0. The largest absolute Gasteiger partial charge is 0.467 e. The second-order valence-electron chi connectivity index (χ2n) is 3.62. The third-order valence-corrected chi connectivity index (χ3v) is 2.39. The number of ether oxygens (including phenoxy) is 1. The molecule has 8 heteroatoms. The lowest BCUT2D eigenvalue weighted by atomic mass is 10.0. The molecule has 1 aromatic rings. The zero-order valence-electron chi connectivity index (χ0n) is 9.61. The highest BCUT2D eigenvalue weighted by molar-refractivity contribution is 5.75. The van der Waals surface area contributed by atoms with Gasteiger partial charge in [0.25, 0.3) is 0 Å². The van der Waals surface area contributed by atoms with Crippen molar-refractivity contribution in [3.63, 3.8) is 0 Å². The van der Waals surface area contributed by atoms with Crippen LogP contribution in [0.5, 0.6) is 0 Å². The summed E-state index contributed by atoms with van der Waals surface area (Å²) in [5.41, 5.74) is -2.44. The molecule has 1 rings (SSSR count). The SMILES string of the molecule is COC(=O)C(O)C(O)c1cccc(C(F)(F)F)c1F. The molecule has 2 unspecified atom stereocenters. The number of hydrogen-bond donors (Lipinski definition) is 2. The lowest BCUT2D eigenvalue weighted by Gasteiger charge is -2.18. The summed E-state index contributed by atoms with van der Waals surface area (Å²) in [6.07, 6.45) is -9.28. The predicted octanol–water partition coefficient (Wildman–Crippen LogP) is 1.41. The Kier molecular flexibility index (Phi) is 4.48. The number of rotatable bonds is 3. The Hall–Kier alpha value is -1.67. The molecule has 0 saturated carbocycles. The number of halogens is 4. The van der Waals surface area contributed by atoms with Crippen molar-refractivity contribution in [2.45, 2.75) is 18.4 Å². The molecule has 0 saturated heterocycles. The Morgan fingerprint density at radius 2 is 1.89 bits per heavy atom. The van der Waals surface area contributed by atoms with Gasteiger partial charge in [-0.25, -0.2) is 9.18 Å². The van der Waals surface area contributed by atoms with E-state index in [4.69, 9.17) is 0 Å². The number of carbonyl (C=O) groups excluding carboxylic acids is 1. The predicted molar refractivity (Wildman–Crippen MR) is 54.4 cm³/mol. The van der Waals surface area contributed by atoms with E-state index < -0.39 is 41.3 Å². The highest BCUT2D eigenvalue weighted by Gasteiger charge is 2.37. The van der Waals surface area contributed by atoms with Crippen LogP contribution in [0.3, 0.4) is 0 Å². The van der Waals surface area contributed by atoms with Crippen molar-refractivity contribution in [2.24, 2.45) is 0 Å². The number of methoxy groups -OCH3 is 1. The first-order chi connectivity index (χ1) is 8.70. The Morgan fingerprint density at radius 3 is 2.37 bits per heavy atom. The van der Waals surface area contributed by atoms with Crippen molar-refractivity contribution < 1.29 is 37.3 Å². The Balaban J connectivity index is 3.19. The normalized spacial score (nSPS) is 14.9. The monoisotopic (exact) mass is 282 g/mol.